The summed E-state index contributed by atoms with van der Waals surface area (Å²) in [5.74, 6) is -0.704. The molecule has 0 fully saturated rings. The summed E-state index contributed by atoms with van der Waals surface area (Å²) in [7, 11) is 0. The number of unbranched alkanes of at least 4 members (excludes halogenated alkanes) is 1. The molecule has 3 nitrogen and oxygen atoms in total. The Kier molecular flexibility index (Phi) is 5.69. The van der Waals surface area contributed by atoms with Crippen LogP contribution in [0.2, 0.25) is 0 Å². The van der Waals surface area contributed by atoms with Gasteiger partial charge in [-0.2, -0.15) is 0 Å². The van der Waals surface area contributed by atoms with E-state index in [-0.39, 0.29) is 6.42 Å². The van der Waals surface area contributed by atoms with Crippen LogP contribution in [0.5, 0.6) is 0 Å². The molecule has 0 amide bonds. The third-order valence-corrected chi connectivity index (χ3v) is 3.37. The molecule has 1 aromatic carbocycles. The topological polar surface area (TPSA) is 40.5 Å². The number of nitrogens with zero attached hydrogens (tertiary/aromatic N) is 1. The van der Waals surface area contributed by atoms with Gasteiger partial charge in [0.15, 0.2) is 0 Å². The monoisotopic (exact) mass is 249 g/mol. The second kappa shape index (κ2) is 7.04. The van der Waals surface area contributed by atoms with E-state index in [4.69, 9.17) is 5.11 Å². The first-order valence-corrected chi connectivity index (χ1v) is 6.59. The van der Waals surface area contributed by atoms with Crippen molar-refractivity contribution in [3.05, 3.63) is 29.3 Å². The summed E-state index contributed by atoms with van der Waals surface area (Å²) >= 11 is 0. The van der Waals surface area contributed by atoms with Crippen LogP contribution in [0.1, 0.15) is 37.3 Å². The van der Waals surface area contributed by atoms with Gasteiger partial charge in [0.1, 0.15) is 0 Å². The van der Waals surface area contributed by atoms with Crippen molar-refractivity contribution in [3.63, 3.8) is 0 Å². The number of anilines is 1. The van der Waals surface area contributed by atoms with Gasteiger partial charge >= 0.3 is 5.97 Å². The highest BCUT2D eigenvalue weighted by Crippen LogP contribution is 2.22. The largest absolute Gasteiger partial charge is 0.481 e. The number of benzene rings is 1. The fourth-order valence-corrected chi connectivity index (χ4v) is 2.11. The zero-order chi connectivity index (χ0) is 13.5. The van der Waals surface area contributed by atoms with Gasteiger partial charge < -0.3 is 10.0 Å². The Bertz CT molecular complexity index is 401. The number of carbonyl (C=O) groups is 1. The average Bonchev–Trinajstić information content (AvgIpc) is 2.33. The van der Waals surface area contributed by atoms with E-state index in [1.54, 1.807) is 0 Å². The van der Waals surface area contributed by atoms with Crippen LogP contribution in [0.25, 0.3) is 0 Å². The molecule has 0 spiro atoms. The minimum Gasteiger partial charge on any atom is -0.481 e. The molecule has 0 saturated heterocycles. The van der Waals surface area contributed by atoms with Gasteiger partial charge in [-0.15, -0.1) is 0 Å². The lowest BCUT2D eigenvalue weighted by atomic mass is 10.1. The summed E-state index contributed by atoms with van der Waals surface area (Å²) in [4.78, 5) is 12.8. The van der Waals surface area contributed by atoms with Crippen molar-refractivity contribution in [1.82, 2.24) is 0 Å². The minimum absolute atomic E-state index is 0.268. The molecule has 0 aromatic heterocycles. The SMILES string of the molecule is CCN(CCCCC(=O)O)c1cccc(C)c1C. The number of hydrogen-bond acceptors (Lipinski definition) is 2. The van der Waals surface area contributed by atoms with Gasteiger partial charge in [0.05, 0.1) is 0 Å². The second-order valence-corrected chi connectivity index (χ2v) is 4.65. The molecule has 100 valence electrons. The van der Waals surface area contributed by atoms with E-state index in [0.29, 0.717) is 0 Å². The highest BCUT2D eigenvalue weighted by atomic mass is 16.4. The van der Waals surface area contributed by atoms with Crippen LogP contribution in [0.4, 0.5) is 5.69 Å². The van der Waals surface area contributed by atoms with E-state index < -0.39 is 5.97 Å². The summed E-state index contributed by atoms with van der Waals surface area (Å²) in [5.41, 5.74) is 3.89. The molecular weight excluding hydrogens is 226 g/mol. The van der Waals surface area contributed by atoms with Gasteiger partial charge in [-0.25, -0.2) is 0 Å². The first kappa shape index (κ1) is 14.6. The molecule has 18 heavy (non-hydrogen) atoms. The summed E-state index contributed by atoms with van der Waals surface area (Å²) in [5, 5.41) is 8.62. The third kappa shape index (κ3) is 4.06. The van der Waals surface area contributed by atoms with E-state index in [1.807, 2.05) is 0 Å². The van der Waals surface area contributed by atoms with Crippen LogP contribution in [0, 0.1) is 13.8 Å². The molecule has 0 radical (unpaired) electrons. The second-order valence-electron chi connectivity index (χ2n) is 4.65. The molecule has 1 aromatic rings. The lowest BCUT2D eigenvalue weighted by molar-refractivity contribution is -0.137. The molecule has 0 aliphatic carbocycles. The van der Waals surface area contributed by atoms with Gasteiger partial charge in [-0.3, -0.25) is 4.79 Å². The van der Waals surface area contributed by atoms with E-state index >= 15 is 0 Å². The summed E-state index contributed by atoms with van der Waals surface area (Å²) in [6, 6.07) is 6.34. The molecule has 1 rings (SSSR count). The quantitative estimate of drug-likeness (QED) is 0.753. The number of carboxylic acids is 1. The zero-order valence-corrected chi connectivity index (χ0v) is 11.6. The van der Waals surface area contributed by atoms with E-state index in [9.17, 15) is 4.79 Å². The number of rotatable bonds is 7. The van der Waals surface area contributed by atoms with Gasteiger partial charge in [0.25, 0.3) is 0 Å². The normalized spacial score (nSPS) is 10.4. The Labute approximate surface area is 109 Å². The molecular formula is C15H23NO2. The lowest BCUT2D eigenvalue weighted by Gasteiger charge is -2.25. The van der Waals surface area contributed by atoms with Crippen molar-refractivity contribution < 1.29 is 9.90 Å². The number of carboxylic acid groups (broad SMARTS) is 1. The van der Waals surface area contributed by atoms with E-state index in [1.165, 1.54) is 16.8 Å². The van der Waals surface area contributed by atoms with Crippen LogP contribution in [-0.4, -0.2) is 24.2 Å². The van der Waals surface area contributed by atoms with Gasteiger partial charge in [0.2, 0.25) is 0 Å². The fraction of sp³-hybridized carbons (Fsp3) is 0.533. The zero-order valence-electron chi connectivity index (χ0n) is 11.6. The Morgan fingerprint density at radius 1 is 1.28 bits per heavy atom. The smallest absolute Gasteiger partial charge is 0.303 e. The Hall–Kier alpha value is -1.51. The van der Waals surface area contributed by atoms with Crippen molar-refractivity contribution in [1.29, 1.82) is 0 Å². The van der Waals surface area contributed by atoms with E-state index in [0.717, 1.165) is 25.9 Å². The van der Waals surface area contributed by atoms with Gasteiger partial charge in [0, 0.05) is 25.2 Å². The molecule has 0 heterocycles. The molecule has 0 aliphatic heterocycles. The Morgan fingerprint density at radius 2 is 2.00 bits per heavy atom. The maximum atomic E-state index is 10.5. The number of aliphatic carboxylic acids is 1. The molecule has 3 heteroatoms. The summed E-state index contributed by atoms with van der Waals surface area (Å²) < 4.78 is 0. The number of hydrogen-bond donors (Lipinski definition) is 1. The molecule has 0 saturated carbocycles. The molecule has 0 aliphatic rings. The molecule has 0 unspecified atom stereocenters. The van der Waals surface area contributed by atoms with Crippen LogP contribution in [0.15, 0.2) is 18.2 Å². The highest BCUT2D eigenvalue weighted by molar-refractivity contribution is 5.66. The van der Waals surface area contributed by atoms with Gasteiger partial charge in [-0.1, -0.05) is 12.1 Å². The first-order valence-electron chi connectivity index (χ1n) is 6.59. The third-order valence-electron chi connectivity index (χ3n) is 3.37. The van der Waals surface area contributed by atoms with E-state index in [2.05, 4.69) is 43.9 Å². The fourth-order valence-electron chi connectivity index (χ4n) is 2.11. The Morgan fingerprint density at radius 3 is 2.61 bits per heavy atom. The average molecular weight is 249 g/mol. The van der Waals surface area contributed by atoms with Crippen LogP contribution in [0.3, 0.4) is 0 Å². The summed E-state index contributed by atoms with van der Waals surface area (Å²) in [6.45, 7) is 8.28. The molecule has 1 N–H and O–H groups in total. The predicted octanol–water partition coefficient (Wildman–Crippen LogP) is 3.38. The highest BCUT2D eigenvalue weighted by Gasteiger charge is 2.08. The van der Waals surface area contributed by atoms with Crippen molar-refractivity contribution in [2.75, 3.05) is 18.0 Å². The molecule has 0 bridgehead atoms. The van der Waals surface area contributed by atoms with Crippen molar-refractivity contribution in [2.24, 2.45) is 0 Å². The standard InChI is InChI=1S/C15H23NO2/c1-4-16(11-6-5-10-15(17)18)14-9-7-8-12(2)13(14)3/h7-9H,4-6,10-11H2,1-3H3,(H,17,18). The maximum absolute atomic E-state index is 10.5. The van der Waals surface area contributed by atoms with Gasteiger partial charge in [-0.05, 0) is 50.8 Å². The lowest BCUT2D eigenvalue weighted by Crippen LogP contribution is -2.25. The molecule has 0 atom stereocenters. The Balaban J connectivity index is 2.60. The minimum atomic E-state index is -0.704. The van der Waals surface area contributed by atoms with Crippen molar-refractivity contribution in [3.8, 4) is 0 Å². The van der Waals surface area contributed by atoms with Crippen molar-refractivity contribution in [2.45, 2.75) is 40.0 Å². The first-order chi connectivity index (χ1) is 8.56. The summed E-state index contributed by atoms with van der Waals surface area (Å²) in [6.07, 6.45) is 1.94. The van der Waals surface area contributed by atoms with Crippen LogP contribution >= 0.6 is 0 Å². The number of aryl methyl sites for hydroxylation is 1. The van der Waals surface area contributed by atoms with Crippen molar-refractivity contribution >= 4 is 11.7 Å². The predicted molar refractivity (Wildman–Crippen MR) is 75.3 cm³/mol. The maximum Gasteiger partial charge on any atom is 0.303 e. The van der Waals surface area contributed by atoms with Crippen LogP contribution < -0.4 is 4.90 Å². The van der Waals surface area contributed by atoms with Crippen LogP contribution in [-0.2, 0) is 4.79 Å².